The molecule has 156 valence electrons. The van der Waals surface area contributed by atoms with Crippen LogP contribution in [0, 0.1) is 6.92 Å². The number of thiophene rings is 1. The Morgan fingerprint density at radius 1 is 1.13 bits per heavy atom. The summed E-state index contributed by atoms with van der Waals surface area (Å²) in [6.45, 7) is 4.19. The number of benzene rings is 1. The number of carbonyl (C=O) groups is 2. The van der Waals surface area contributed by atoms with Gasteiger partial charge in [-0.3, -0.25) is 14.2 Å². The Kier molecular flexibility index (Phi) is 6.46. The predicted octanol–water partition coefficient (Wildman–Crippen LogP) is 3.97. The van der Waals surface area contributed by atoms with Crippen LogP contribution >= 0.6 is 34.7 Å². The topological polar surface area (TPSA) is 58.4 Å². The molecule has 1 aliphatic heterocycles. The summed E-state index contributed by atoms with van der Waals surface area (Å²) in [6, 6.07) is 9.46. The van der Waals surface area contributed by atoms with Crippen LogP contribution in [-0.2, 0) is 4.79 Å². The van der Waals surface area contributed by atoms with Gasteiger partial charge in [0.15, 0.2) is 5.16 Å². The molecule has 0 saturated carbocycles. The summed E-state index contributed by atoms with van der Waals surface area (Å²) in [6.07, 6.45) is 3.60. The summed E-state index contributed by atoms with van der Waals surface area (Å²) in [7, 11) is 0. The Morgan fingerprint density at radius 2 is 1.90 bits per heavy atom. The quantitative estimate of drug-likeness (QED) is 0.540. The third-order valence-corrected chi connectivity index (χ3v) is 7.30. The van der Waals surface area contributed by atoms with Crippen molar-refractivity contribution in [2.45, 2.75) is 12.1 Å². The van der Waals surface area contributed by atoms with Crippen molar-refractivity contribution in [1.29, 1.82) is 0 Å². The molecular weight excluding hydrogens is 440 g/mol. The standard InChI is InChI=1S/C21H21ClN4O2S2/c1-15-16(22)4-2-5-17(15)26-8-7-23-21(26)30-14-19(27)24-9-11-25(12-10-24)20(28)18-6-3-13-29-18/h2-8,13H,9-12,14H2,1H3. The zero-order valence-electron chi connectivity index (χ0n) is 16.5. The van der Waals surface area contributed by atoms with Gasteiger partial charge in [0.1, 0.15) is 0 Å². The first-order chi connectivity index (χ1) is 14.5. The van der Waals surface area contributed by atoms with E-state index in [9.17, 15) is 9.59 Å². The summed E-state index contributed by atoms with van der Waals surface area (Å²) in [5, 5.41) is 3.35. The van der Waals surface area contributed by atoms with Gasteiger partial charge in [-0.2, -0.15) is 0 Å². The second-order valence-corrected chi connectivity index (χ2v) is 9.20. The highest BCUT2D eigenvalue weighted by Gasteiger charge is 2.25. The van der Waals surface area contributed by atoms with Gasteiger partial charge in [-0.15, -0.1) is 11.3 Å². The highest BCUT2D eigenvalue weighted by Crippen LogP contribution is 2.27. The minimum Gasteiger partial charge on any atom is -0.338 e. The molecule has 0 N–H and O–H groups in total. The zero-order valence-corrected chi connectivity index (χ0v) is 18.8. The van der Waals surface area contributed by atoms with E-state index in [-0.39, 0.29) is 11.8 Å². The number of imidazole rings is 1. The second kappa shape index (κ2) is 9.24. The molecule has 2 amide bonds. The fourth-order valence-electron chi connectivity index (χ4n) is 3.37. The second-order valence-electron chi connectivity index (χ2n) is 6.90. The molecule has 3 aromatic rings. The number of aromatic nitrogens is 2. The average molecular weight is 461 g/mol. The predicted molar refractivity (Wildman–Crippen MR) is 121 cm³/mol. The van der Waals surface area contributed by atoms with Crippen LogP contribution in [-0.4, -0.2) is 63.1 Å². The highest BCUT2D eigenvalue weighted by atomic mass is 35.5. The van der Waals surface area contributed by atoms with Crippen molar-refractivity contribution < 1.29 is 9.59 Å². The largest absolute Gasteiger partial charge is 0.338 e. The number of carbonyl (C=O) groups excluding carboxylic acids is 2. The number of hydrogen-bond acceptors (Lipinski definition) is 5. The van der Waals surface area contributed by atoms with Gasteiger partial charge in [0.2, 0.25) is 5.91 Å². The summed E-state index contributed by atoms with van der Waals surface area (Å²) in [5.74, 6) is 0.404. The van der Waals surface area contributed by atoms with Crippen LogP contribution in [0.3, 0.4) is 0 Å². The molecule has 1 fully saturated rings. The Balaban J connectivity index is 1.34. The molecular formula is C21H21ClN4O2S2. The lowest BCUT2D eigenvalue weighted by Crippen LogP contribution is -2.51. The van der Waals surface area contributed by atoms with Crippen LogP contribution in [0.1, 0.15) is 15.2 Å². The lowest BCUT2D eigenvalue weighted by molar-refractivity contribution is -0.129. The smallest absolute Gasteiger partial charge is 0.264 e. The molecule has 0 bridgehead atoms. The molecule has 1 aromatic carbocycles. The summed E-state index contributed by atoms with van der Waals surface area (Å²) < 4.78 is 1.96. The zero-order chi connectivity index (χ0) is 21.1. The number of nitrogens with zero attached hydrogens (tertiary/aromatic N) is 4. The molecule has 2 aromatic heterocycles. The van der Waals surface area contributed by atoms with Crippen molar-refractivity contribution in [3.8, 4) is 5.69 Å². The van der Waals surface area contributed by atoms with Crippen LogP contribution in [0.2, 0.25) is 5.02 Å². The first-order valence-corrected chi connectivity index (χ1v) is 11.8. The van der Waals surface area contributed by atoms with Crippen LogP contribution in [0.15, 0.2) is 53.3 Å². The first-order valence-electron chi connectivity index (χ1n) is 9.57. The number of rotatable bonds is 5. The molecule has 1 saturated heterocycles. The summed E-state index contributed by atoms with van der Waals surface area (Å²) >= 11 is 9.11. The third kappa shape index (κ3) is 4.40. The monoisotopic (exact) mass is 460 g/mol. The Hall–Kier alpha value is -2.29. The number of hydrogen-bond donors (Lipinski definition) is 0. The van der Waals surface area contributed by atoms with Gasteiger partial charge in [0.25, 0.3) is 5.91 Å². The molecule has 0 atom stereocenters. The molecule has 6 nitrogen and oxygen atoms in total. The van der Waals surface area contributed by atoms with Gasteiger partial charge in [-0.25, -0.2) is 4.98 Å². The highest BCUT2D eigenvalue weighted by molar-refractivity contribution is 7.99. The number of piperazine rings is 1. The van der Waals surface area contributed by atoms with Crippen molar-refractivity contribution >= 4 is 46.5 Å². The Morgan fingerprint density at radius 3 is 2.63 bits per heavy atom. The van der Waals surface area contributed by atoms with Gasteiger partial charge in [-0.05, 0) is 36.1 Å². The van der Waals surface area contributed by atoms with Gasteiger partial charge in [0, 0.05) is 43.6 Å². The van der Waals surface area contributed by atoms with E-state index < -0.39 is 0 Å². The fraction of sp³-hybridized carbons (Fsp3) is 0.286. The number of amides is 2. The SMILES string of the molecule is Cc1c(Cl)cccc1-n1ccnc1SCC(=O)N1CCN(C(=O)c2cccs2)CC1. The third-order valence-electron chi connectivity index (χ3n) is 5.08. The van der Waals surface area contributed by atoms with E-state index in [0.717, 1.165) is 21.3 Å². The Bertz CT molecular complexity index is 1040. The lowest BCUT2D eigenvalue weighted by atomic mass is 10.2. The maximum atomic E-state index is 12.7. The normalized spacial score (nSPS) is 14.2. The molecule has 1 aliphatic rings. The van der Waals surface area contributed by atoms with E-state index in [2.05, 4.69) is 4.98 Å². The van der Waals surface area contributed by atoms with Gasteiger partial charge < -0.3 is 9.80 Å². The molecule has 0 radical (unpaired) electrons. The van der Waals surface area contributed by atoms with E-state index in [4.69, 9.17) is 11.6 Å². The van der Waals surface area contributed by atoms with Crippen LogP contribution in [0.25, 0.3) is 5.69 Å². The molecule has 0 aliphatic carbocycles. The van der Waals surface area contributed by atoms with Crippen LogP contribution < -0.4 is 0 Å². The van der Waals surface area contributed by atoms with E-state index in [1.807, 2.05) is 63.2 Å². The summed E-state index contributed by atoms with van der Waals surface area (Å²) in [5.41, 5.74) is 1.92. The van der Waals surface area contributed by atoms with Crippen molar-refractivity contribution in [2.75, 3.05) is 31.9 Å². The average Bonchev–Trinajstić information content (AvgIpc) is 3.46. The first kappa shape index (κ1) is 21.0. The molecule has 0 unspecified atom stereocenters. The maximum Gasteiger partial charge on any atom is 0.264 e. The molecule has 30 heavy (non-hydrogen) atoms. The fourth-order valence-corrected chi connectivity index (χ4v) is 5.10. The minimum absolute atomic E-state index is 0.0467. The maximum absolute atomic E-state index is 12.7. The van der Waals surface area contributed by atoms with E-state index in [0.29, 0.717) is 37.0 Å². The molecule has 9 heteroatoms. The summed E-state index contributed by atoms with van der Waals surface area (Å²) in [4.78, 5) is 34.0. The molecule has 3 heterocycles. The van der Waals surface area contributed by atoms with Gasteiger partial charge in [0.05, 0.1) is 16.3 Å². The minimum atomic E-state index is 0.0467. The van der Waals surface area contributed by atoms with Gasteiger partial charge in [-0.1, -0.05) is 35.5 Å². The van der Waals surface area contributed by atoms with Gasteiger partial charge >= 0.3 is 0 Å². The Labute approximate surface area is 188 Å². The van der Waals surface area contributed by atoms with Crippen molar-refractivity contribution in [3.05, 3.63) is 63.6 Å². The number of halogens is 1. The molecule has 4 rings (SSSR count). The van der Waals surface area contributed by atoms with E-state index in [1.165, 1.54) is 23.1 Å². The van der Waals surface area contributed by atoms with E-state index >= 15 is 0 Å². The number of thioether (sulfide) groups is 1. The lowest BCUT2D eigenvalue weighted by Gasteiger charge is -2.34. The van der Waals surface area contributed by atoms with Crippen LogP contribution in [0.5, 0.6) is 0 Å². The van der Waals surface area contributed by atoms with Crippen molar-refractivity contribution in [2.24, 2.45) is 0 Å². The van der Waals surface area contributed by atoms with Crippen LogP contribution in [0.4, 0.5) is 0 Å². The van der Waals surface area contributed by atoms with E-state index in [1.54, 1.807) is 6.20 Å². The van der Waals surface area contributed by atoms with Crippen molar-refractivity contribution in [3.63, 3.8) is 0 Å². The van der Waals surface area contributed by atoms with Crippen molar-refractivity contribution in [1.82, 2.24) is 19.4 Å². The molecule has 0 spiro atoms.